The van der Waals surface area contributed by atoms with Crippen molar-refractivity contribution in [2.75, 3.05) is 14.2 Å². The van der Waals surface area contributed by atoms with Crippen molar-refractivity contribution in [1.29, 1.82) is 0 Å². The molecule has 150 valence electrons. The fourth-order valence-electron chi connectivity index (χ4n) is 3.66. The third kappa shape index (κ3) is 3.70. The second-order valence-electron chi connectivity index (χ2n) is 6.91. The Morgan fingerprint density at radius 2 is 1.97 bits per heavy atom. The Morgan fingerprint density at radius 1 is 1.17 bits per heavy atom. The van der Waals surface area contributed by atoms with Crippen LogP contribution in [0.2, 0.25) is 0 Å². The molecule has 2 aromatic carbocycles. The first-order valence-corrected chi connectivity index (χ1v) is 10.1. The lowest BCUT2D eigenvalue weighted by Crippen LogP contribution is -2.27. The first-order valence-electron chi connectivity index (χ1n) is 9.29. The highest BCUT2D eigenvalue weighted by molar-refractivity contribution is 7.17. The molecule has 1 atom stereocenters. The van der Waals surface area contributed by atoms with Gasteiger partial charge < -0.3 is 14.8 Å². The summed E-state index contributed by atoms with van der Waals surface area (Å²) in [5.41, 5.74) is 3.48. The van der Waals surface area contributed by atoms with Crippen molar-refractivity contribution < 1.29 is 18.7 Å². The average Bonchev–Trinajstić information content (AvgIpc) is 3.30. The Kier molecular flexibility index (Phi) is 5.24. The molecule has 29 heavy (non-hydrogen) atoms. The molecule has 1 N–H and O–H groups in total. The van der Waals surface area contributed by atoms with Gasteiger partial charge in [-0.2, -0.15) is 0 Å². The number of aryl methyl sites for hydroxylation is 2. The average molecular weight is 412 g/mol. The van der Waals surface area contributed by atoms with E-state index in [0.717, 1.165) is 34.5 Å². The molecule has 0 aliphatic heterocycles. The van der Waals surface area contributed by atoms with Crippen molar-refractivity contribution >= 4 is 17.2 Å². The lowest BCUT2D eigenvalue weighted by molar-refractivity contribution is 0.0940. The van der Waals surface area contributed by atoms with Crippen LogP contribution in [0.25, 0.3) is 10.6 Å². The normalized spacial score (nSPS) is 15.1. The van der Waals surface area contributed by atoms with Crippen molar-refractivity contribution in [3.05, 3.63) is 63.9 Å². The van der Waals surface area contributed by atoms with E-state index in [2.05, 4.69) is 10.3 Å². The number of thiazole rings is 1. The molecule has 0 fully saturated rings. The van der Waals surface area contributed by atoms with Crippen LogP contribution in [-0.4, -0.2) is 25.1 Å². The van der Waals surface area contributed by atoms with E-state index in [9.17, 15) is 9.18 Å². The number of methoxy groups -OCH3 is 2. The monoisotopic (exact) mass is 412 g/mol. The number of ether oxygens (including phenoxy) is 2. The summed E-state index contributed by atoms with van der Waals surface area (Å²) in [5.74, 6) is 0.847. The van der Waals surface area contributed by atoms with Crippen molar-refractivity contribution in [2.45, 2.75) is 25.8 Å². The topological polar surface area (TPSA) is 60.5 Å². The number of fused-ring (bicyclic) bond motifs is 1. The highest BCUT2D eigenvalue weighted by atomic mass is 32.1. The summed E-state index contributed by atoms with van der Waals surface area (Å²) >= 11 is 1.34. The summed E-state index contributed by atoms with van der Waals surface area (Å²) in [5, 5.41) is 3.82. The first-order chi connectivity index (χ1) is 14.0. The maximum absolute atomic E-state index is 13.4. The maximum Gasteiger partial charge on any atom is 0.263 e. The number of carbonyl (C=O) groups is 1. The van der Waals surface area contributed by atoms with Crippen LogP contribution in [0.15, 0.2) is 36.4 Å². The molecule has 1 unspecified atom stereocenters. The van der Waals surface area contributed by atoms with E-state index in [-0.39, 0.29) is 17.8 Å². The highest BCUT2D eigenvalue weighted by Crippen LogP contribution is 2.36. The summed E-state index contributed by atoms with van der Waals surface area (Å²) in [6.07, 6.45) is 1.53. The third-order valence-corrected chi connectivity index (χ3v) is 6.33. The van der Waals surface area contributed by atoms with Gasteiger partial charge in [0.1, 0.15) is 15.7 Å². The molecule has 0 radical (unpaired) electrons. The van der Waals surface area contributed by atoms with Crippen molar-refractivity contribution in [3.8, 4) is 22.1 Å². The van der Waals surface area contributed by atoms with Gasteiger partial charge in [0.05, 0.1) is 26.0 Å². The van der Waals surface area contributed by atoms with Crippen LogP contribution in [0.3, 0.4) is 0 Å². The molecule has 4 rings (SSSR count). The van der Waals surface area contributed by atoms with Gasteiger partial charge >= 0.3 is 0 Å². The molecule has 1 aliphatic carbocycles. The molecule has 7 heteroatoms. The SMILES string of the molecule is COc1ccc(-c2nc(C)c(C(=O)NC3CCc4cc(F)ccc43)s2)cc1OC. The van der Waals surface area contributed by atoms with Crippen LogP contribution in [0.4, 0.5) is 4.39 Å². The third-order valence-electron chi connectivity index (χ3n) is 5.12. The van der Waals surface area contributed by atoms with E-state index >= 15 is 0 Å². The van der Waals surface area contributed by atoms with Gasteiger partial charge in [0.15, 0.2) is 11.5 Å². The van der Waals surface area contributed by atoms with E-state index < -0.39 is 0 Å². The van der Waals surface area contributed by atoms with Gasteiger partial charge in [-0.25, -0.2) is 9.37 Å². The van der Waals surface area contributed by atoms with Gasteiger partial charge in [-0.3, -0.25) is 4.79 Å². The van der Waals surface area contributed by atoms with Crippen LogP contribution < -0.4 is 14.8 Å². The zero-order chi connectivity index (χ0) is 20.5. The summed E-state index contributed by atoms with van der Waals surface area (Å²) in [7, 11) is 3.17. The zero-order valence-electron chi connectivity index (χ0n) is 16.4. The highest BCUT2D eigenvalue weighted by Gasteiger charge is 2.26. The second-order valence-corrected chi connectivity index (χ2v) is 7.91. The van der Waals surface area contributed by atoms with E-state index in [1.165, 1.54) is 17.4 Å². The fraction of sp³-hybridized carbons (Fsp3) is 0.273. The Morgan fingerprint density at radius 3 is 2.72 bits per heavy atom. The Hall–Kier alpha value is -2.93. The van der Waals surface area contributed by atoms with Gasteiger partial charge in [-0.1, -0.05) is 6.07 Å². The minimum Gasteiger partial charge on any atom is -0.493 e. The number of nitrogens with zero attached hydrogens (tertiary/aromatic N) is 1. The van der Waals surface area contributed by atoms with Crippen LogP contribution in [0, 0.1) is 12.7 Å². The number of aromatic nitrogens is 1. The summed E-state index contributed by atoms with van der Waals surface area (Å²) in [6.45, 7) is 1.83. The van der Waals surface area contributed by atoms with Crippen molar-refractivity contribution in [1.82, 2.24) is 10.3 Å². The number of carbonyl (C=O) groups excluding carboxylic acids is 1. The standard InChI is InChI=1S/C22H21FN2O3S/c1-12-20(21(26)25-17-8-4-13-10-15(23)6-7-16(13)17)29-22(24-12)14-5-9-18(27-2)19(11-14)28-3/h5-7,9-11,17H,4,8H2,1-3H3,(H,25,26). The van der Waals surface area contributed by atoms with Gasteiger partial charge in [0.25, 0.3) is 5.91 Å². The van der Waals surface area contributed by atoms with Crippen LogP contribution in [0.1, 0.15) is 39.0 Å². The largest absolute Gasteiger partial charge is 0.493 e. The molecule has 5 nitrogen and oxygen atoms in total. The van der Waals surface area contributed by atoms with Gasteiger partial charge in [-0.05, 0) is 61.2 Å². The number of rotatable bonds is 5. The summed E-state index contributed by atoms with van der Waals surface area (Å²) in [6, 6.07) is 10.2. The minimum absolute atomic E-state index is 0.107. The molecule has 1 amide bonds. The number of benzene rings is 2. The molecule has 0 saturated heterocycles. The molecular weight excluding hydrogens is 391 g/mol. The van der Waals surface area contributed by atoms with Gasteiger partial charge in [0.2, 0.25) is 0 Å². The Balaban J connectivity index is 1.57. The number of nitrogens with one attached hydrogen (secondary N) is 1. The molecule has 1 aliphatic rings. The number of hydrogen-bond acceptors (Lipinski definition) is 5. The summed E-state index contributed by atoms with van der Waals surface area (Å²) < 4.78 is 24.1. The van der Waals surface area contributed by atoms with Crippen LogP contribution in [0.5, 0.6) is 11.5 Å². The van der Waals surface area contributed by atoms with Crippen molar-refractivity contribution in [3.63, 3.8) is 0 Å². The van der Waals surface area contributed by atoms with E-state index in [1.54, 1.807) is 26.4 Å². The number of halogens is 1. The van der Waals surface area contributed by atoms with Gasteiger partial charge in [-0.15, -0.1) is 11.3 Å². The zero-order valence-corrected chi connectivity index (χ0v) is 17.2. The molecule has 0 bridgehead atoms. The van der Waals surface area contributed by atoms with E-state index in [4.69, 9.17) is 9.47 Å². The minimum atomic E-state index is -0.242. The Bertz CT molecular complexity index is 1080. The molecule has 1 aromatic heterocycles. The number of hydrogen-bond donors (Lipinski definition) is 1. The first kappa shape index (κ1) is 19.4. The van der Waals surface area contributed by atoms with Crippen molar-refractivity contribution in [2.24, 2.45) is 0 Å². The predicted octanol–water partition coefficient (Wildman–Crippen LogP) is 4.69. The lowest BCUT2D eigenvalue weighted by Gasteiger charge is -2.13. The van der Waals surface area contributed by atoms with Crippen LogP contribution >= 0.6 is 11.3 Å². The quantitative estimate of drug-likeness (QED) is 0.660. The van der Waals surface area contributed by atoms with Gasteiger partial charge in [0, 0.05) is 5.56 Å². The molecule has 0 saturated carbocycles. The predicted molar refractivity (Wildman–Crippen MR) is 110 cm³/mol. The lowest BCUT2D eigenvalue weighted by atomic mass is 10.1. The smallest absolute Gasteiger partial charge is 0.263 e. The molecular formula is C22H21FN2O3S. The molecule has 0 spiro atoms. The summed E-state index contributed by atoms with van der Waals surface area (Å²) in [4.78, 5) is 18.1. The maximum atomic E-state index is 13.4. The van der Waals surface area contributed by atoms with E-state index in [1.807, 2.05) is 25.1 Å². The second kappa shape index (κ2) is 7.83. The fourth-order valence-corrected chi connectivity index (χ4v) is 4.63. The molecule has 3 aromatic rings. The number of amides is 1. The molecule has 1 heterocycles. The Labute approximate surface area is 172 Å². The van der Waals surface area contributed by atoms with E-state index in [0.29, 0.717) is 22.1 Å². The van der Waals surface area contributed by atoms with Crippen LogP contribution in [-0.2, 0) is 6.42 Å².